The summed E-state index contributed by atoms with van der Waals surface area (Å²) in [5.41, 5.74) is 5.30. The van der Waals surface area contributed by atoms with Crippen LogP contribution < -0.4 is 11.3 Å². The zero-order valence-corrected chi connectivity index (χ0v) is 11.7. The molecule has 0 aliphatic carbocycles. The van der Waals surface area contributed by atoms with E-state index in [0.29, 0.717) is 0 Å². The summed E-state index contributed by atoms with van der Waals surface area (Å²) in [5.74, 6) is -0.0730. The summed E-state index contributed by atoms with van der Waals surface area (Å²) in [6, 6.07) is 1.50. The summed E-state index contributed by atoms with van der Waals surface area (Å²) in [4.78, 5) is 44.4. The molecule has 2 aromatic rings. The van der Waals surface area contributed by atoms with Gasteiger partial charge in [0.15, 0.2) is 0 Å². The van der Waals surface area contributed by atoms with E-state index in [-0.39, 0.29) is 23.5 Å². The van der Waals surface area contributed by atoms with Gasteiger partial charge in [-0.15, -0.1) is 0 Å². The number of anilines is 1. The van der Waals surface area contributed by atoms with Crippen molar-refractivity contribution >= 4 is 24.9 Å². The molecular weight excluding hydrogens is 306 g/mol. The van der Waals surface area contributed by atoms with Crippen LogP contribution in [0.25, 0.3) is 11.0 Å². The number of hydrogen-bond donors (Lipinski definition) is 5. The first-order valence-corrected chi connectivity index (χ1v) is 7.72. The van der Waals surface area contributed by atoms with E-state index >= 15 is 0 Å². The first kappa shape index (κ1) is 15.8. The van der Waals surface area contributed by atoms with Crippen molar-refractivity contribution in [3.63, 3.8) is 0 Å². The molecule has 2 rings (SSSR count). The molecule has 0 fully saturated rings. The van der Waals surface area contributed by atoms with Crippen molar-refractivity contribution in [2.45, 2.75) is 12.6 Å². The zero-order chi connectivity index (χ0) is 15.6. The fourth-order valence-corrected chi connectivity index (χ4v) is 2.22. The lowest BCUT2D eigenvalue weighted by Crippen LogP contribution is -2.24. The van der Waals surface area contributed by atoms with E-state index in [9.17, 15) is 9.18 Å². The molecule has 6 N–H and O–H groups in total. The molecule has 1 unspecified atom stereocenters. The van der Waals surface area contributed by atoms with E-state index in [1.54, 1.807) is 0 Å². The topological polar surface area (TPSA) is 147 Å². The molecule has 0 radical (unpaired) electrons. The van der Waals surface area contributed by atoms with Crippen LogP contribution in [0, 0.1) is 0 Å². The summed E-state index contributed by atoms with van der Waals surface area (Å²) in [6.45, 7) is -0.950. The highest BCUT2D eigenvalue weighted by atomic mass is 31.2. The third-order valence-electron chi connectivity index (χ3n) is 2.70. The molecule has 0 bridgehead atoms. The van der Waals surface area contributed by atoms with Crippen molar-refractivity contribution in [3.05, 3.63) is 22.6 Å². The predicted molar refractivity (Wildman–Crippen MR) is 74.1 cm³/mol. The minimum absolute atomic E-state index is 0.0319. The van der Waals surface area contributed by atoms with Gasteiger partial charge in [0.25, 0.3) is 5.56 Å². The molecule has 11 heteroatoms. The van der Waals surface area contributed by atoms with Crippen molar-refractivity contribution in [2.75, 3.05) is 18.8 Å². The second kappa shape index (κ2) is 6.04. The van der Waals surface area contributed by atoms with E-state index in [0.717, 1.165) is 0 Å². The first-order valence-electron chi connectivity index (χ1n) is 5.88. The molecule has 0 aliphatic rings. The summed E-state index contributed by atoms with van der Waals surface area (Å²) in [7, 11) is -4.13. The molecule has 116 valence electrons. The normalized spacial score (nSPS) is 13.7. The highest BCUT2D eigenvalue weighted by molar-refractivity contribution is 7.58. The maximum Gasteiger partial charge on any atom is 0.431 e. The highest BCUT2D eigenvalue weighted by Gasteiger charge is 2.32. The van der Waals surface area contributed by atoms with Gasteiger partial charge < -0.3 is 15.0 Å². The largest absolute Gasteiger partial charge is 0.431 e. The molecule has 0 aliphatic heterocycles. The van der Waals surface area contributed by atoms with Gasteiger partial charge in [-0.25, -0.2) is 4.39 Å². The molecular formula is C10H15FN4O5P+. The number of halogens is 1. The summed E-state index contributed by atoms with van der Waals surface area (Å²) < 4.78 is 19.3. The first-order chi connectivity index (χ1) is 9.80. The second-order valence-corrected chi connectivity index (χ2v) is 6.06. The monoisotopic (exact) mass is 321 g/mol. The molecule has 0 spiro atoms. The van der Waals surface area contributed by atoms with E-state index in [1.165, 1.54) is 16.8 Å². The van der Waals surface area contributed by atoms with Crippen molar-refractivity contribution in [1.82, 2.24) is 14.5 Å². The van der Waals surface area contributed by atoms with Crippen LogP contribution in [0.5, 0.6) is 0 Å². The lowest BCUT2D eigenvalue weighted by molar-refractivity contribution is 0.0407. The van der Waals surface area contributed by atoms with Gasteiger partial charge in [0, 0.05) is 6.20 Å². The molecule has 0 aromatic carbocycles. The van der Waals surface area contributed by atoms with Gasteiger partial charge in [0.2, 0.25) is 12.3 Å². The number of alkyl halides is 1. The van der Waals surface area contributed by atoms with Crippen LogP contribution in [0.4, 0.5) is 10.3 Å². The van der Waals surface area contributed by atoms with Gasteiger partial charge in [0.1, 0.15) is 18.4 Å². The van der Waals surface area contributed by atoms with Crippen LogP contribution in [0.3, 0.4) is 0 Å². The average molecular weight is 321 g/mol. The number of nitrogens with zero attached hydrogens (tertiary/aromatic N) is 2. The van der Waals surface area contributed by atoms with Gasteiger partial charge >= 0.3 is 7.94 Å². The van der Waals surface area contributed by atoms with E-state index in [2.05, 4.69) is 9.97 Å². The number of aromatic amines is 1. The fraction of sp³-hybridized carbons (Fsp3) is 0.400. The van der Waals surface area contributed by atoms with Crippen molar-refractivity contribution in [3.8, 4) is 0 Å². The number of hydrogen-bond acceptors (Lipinski definition) is 7. The Morgan fingerprint density at radius 2 is 2.24 bits per heavy atom. The van der Waals surface area contributed by atoms with Crippen LogP contribution in [0.1, 0.15) is 0 Å². The highest BCUT2D eigenvalue weighted by Crippen LogP contribution is 2.44. The Labute approximate surface area is 118 Å². The smallest absolute Gasteiger partial charge is 0.369 e. The number of rotatable bonds is 6. The number of nitrogens with two attached hydrogens (primary N) is 1. The Morgan fingerprint density at radius 3 is 2.86 bits per heavy atom. The van der Waals surface area contributed by atoms with Crippen LogP contribution in [-0.2, 0) is 11.3 Å². The van der Waals surface area contributed by atoms with E-state index < -0.39 is 32.6 Å². The van der Waals surface area contributed by atoms with Gasteiger partial charge in [-0.3, -0.25) is 9.78 Å². The standard InChI is InChI=1S/C10H14FN4O5P/c11-3-6(20-5-21(17,18)19)4-15-2-1-7-8(15)13-10(12)14-9(7)16/h1-2,6,17-19H,3-5H2,(H2-,12,13,14,16)/p+1. The number of fused-ring (bicyclic) bond motifs is 1. The Bertz CT molecular complexity index is 682. The Balaban J connectivity index is 2.20. The third kappa shape index (κ3) is 3.96. The molecule has 9 nitrogen and oxygen atoms in total. The lowest BCUT2D eigenvalue weighted by atomic mass is 10.4. The van der Waals surface area contributed by atoms with Gasteiger partial charge in [0.05, 0.1) is 11.9 Å². The number of nitrogens with one attached hydrogen (secondary N) is 1. The Morgan fingerprint density at radius 1 is 1.52 bits per heavy atom. The average Bonchev–Trinajstić information content (AvgIpc) is 2.76. The van der Waals surface area contributed by atoms with Crippen LogP contribution in [-0.4, -0.2) is 48.3 Å². The van der Waals surface area contributed by atoms with Crippen molar-refractivity contribution < 1.29 is 23.8 Å². The van der Waals surface area contributed by atoms with E-state index in [1.807, 2.05) is 0 Å². The SMILES string of the molecule is Nc1nc2c(ccn2CC(CF)OC[P+](O)(O)O)c(=O)[nH]1. The minimum Gasteiger partial charge on any atom is -0.369 e. The van der Waals surface area contributed by atoms with Crippen molar-refractivity contribution in [2.24, 2.45) is 0 Å². The predicted octanol–water partition coefficient (Wildman–Crippen LogP) is -0.642. The summed E-state index contributed by atoms with van der Waals surface area (Å²) >= 11 is 0. The number of ether oxygens (including phenoxy) is 1. The van der Waals surface area contributed by atoms with Crippen LogP contribution in [0.15, 0.2) is 17.1 Å². The van der Waals surface area contributed by atoms with E-state index in [4.69, 9.17) is 25.2 Å². The number of H-pyrrole nitrogens is 1. The second-order valence-electron chi connectivity index (χ2n) is 4.42. The maximum atomic E-state index is 12.9. The minimum atomic E-state index is -4.13. The Kier molecular flexibility index (Phi) is 4.55. The molecule has 0 saturated carbocycles. The molecule has 2 aromatic heterocycles. The molecule has 2 heterocycles. The van der Waals surface area contributed by atoms with Crippen LogP contribution in [0.2, 0.25) is 0 Å². The quantitative estimate of drug-likeness (QED) is 0.445. The fourth-order valence-electron chi connectivity index (χ4n) is 1.81. The van der Waals surface area contributed by atoms with Gasteiger partial charge in [-0.1, -0.05) is 0 Å². The van der Waals surface area contributed by atoms with Crippen LogP contribution >= 0.6 is 7.94 Å². The maximum absolute atomic E-state index is 12.9. The van der Waals surface area contributed by atoms with Crippen molar-refractivity contribution in [1.29, 1.82) is 0 Å². The van der Waals surface area contributed by atoms with Gasteiger partial charge in [-0.2, -0.15) is 19.7 Å². The summed E-state index contributed by atoms with van der Waals surface area (Å²) in [6.07, 6.45) is -0.289. The molecule has 0 amide bonds. The lowest BCUT2D eigenvalue weighted by Gasteiger charge is -2.15. The molecule has 21 heavy (non-hydrogen) atoms. The number of nitrogen functional groups attached to an aromatic ring is 1. The zero-order valence-electron chi connectivity index (χ0n) is 10.8. The molecule has 1 atom stereocenters. The summed E-state index contributed by atoms with van der Waals surface area (Å²) in [5, 5.41) is 0.287. The van der Waals surface area contributed by atoms with Gasteiger partial charge in [-0.05, 0) is 6.07 Å². The molecule has 0 saturated heterocycles. The Hall–Kier alpha value is -1.58. The third-order valence-corrected chi connectivity index (χ3v) is 3.20. The number of aromatic nitrogens is 3.